The number of hydrogen-bond acceptors (Lipinski definition) is 16. The van der Waals surface area contributed by atoms with Crippen LogP contribution in [-0.4, -0.2) is 105 Å². The fourth-order valence-electron chi connectivity index (χ4n) is 4.56. The van der Waals surface area contributed by atoms with E-state index in [1.807, 2.05) is 37.9 Å². The van der Waals surface area contributed by atoms with Gasteiger partial charge < -0.3 is 25.4 Å². The lowest BCUT2D eigenvalue weighted by Crippen LogP contribution is -2.70. The SMILES string of the molecule is CC(C)CC(=O)OC(OC(=O)C1=C(CSC2N=NNN2CCN(C)C)CS[C@H]2[C@H](NC(=O)Cc3csc(N)n3)C(=O)N12)C(C)C. The molecule has 1 fully saturated rings. The number of nitrogens with one attached hydrogen (secondary N) is 2. The van der Waals surface area contributed by atoms with Crippen LogP contribution < -0.4 is 16.6 Å². The molecule has 4 atom stereocenters. The van der Waals surface area contributed by atoms with Gasteiger partial charge in [-0.15, -0.1) is 40.0 Å². The summed E-state index contributed by atoms with van der Waals surface area (Å²) in [5.74, 6) is -1.52. The Morgan fingerprint density at radius 3 is 2.64 bits per heavy atom. The van der Waals surface area contributed by atoms with Crippen LogP contribution in [0.5, 0.6) is 0 Å². The molecule has 4 heterocycles. The number of carbonyl (C=O) groups is 4. The highest BCUT2D eigenvalue weighted by Gasteiger charge is 2.54. The van der Waals surface area contributed by atoms with Gasteiger partial charge in [0.05, 0.1) is 12.1 Å². The van der Waals surface area contributed by atoms with Crippen LogP contribution in [0.25, 0.3) is 0 Å². The minimum absolute atomic E-state index is 0.0202. The number of thiazole rings is 1. The van der Waals surface area contributed by atoms with Crippen LogP contribution in [0.1, 0.15) is 39.8 Å². The molecule has 45 heavy (non-hydrogen) atoms. The summed E-state index contributed by atoms with van der Waals surface area (Å²) in [5.41, 5.74) is 9.52. The van der Waals surface area contributed by atoms with E-state index in [2.05, 4.69) is 26.2 Å². The van der Waals surface area contributed by atoms with E-state index >= 15 is 0 Å². The number of hydrazine groups is 1. The summed E-state index contributed by atoms with van der Waals surface area (Å²) >= 11 is 4.14. The summed E-state index contributed by atoms with van der Waals surface area (Å²) < 4.78 is 11.3. The smallest absolute Gasteiger partial charge is 0.358 e. The van der Waals surface area contributed by atoms with Crippen LogP contribution in [0, 0.1) is 11.8 Å². The van der Waals surface area contributed by atoms with Gasteiger partial charge in [-0.2, -0.15) is 5.01 Å². The minimum Gasteiger partial charge on any atom is -0.425 e. The van der Waals surface area contributed by atoms with Gasteiger partial charge in [-0.1, -0.05) is 32.9 Å². The number of thioether (sulfide) groups is 2. The molecule has 4 N–H and O–H groups in total. The zero-order valence-electron chi connectivity index (χ0n) is 26.2. The molecule has 0 bridgehead atoms. The predicted octanol–water partition coefficient (Wildman–Crippen LogP) is 1.80. The maximum Gasteiger partial charge on any atom is 0.358 e. The van der Waals surface area contributed by atoms with E-state index in [0.29, 0.717) is 34.4 Å². The molecule has 3 aliphatic rings. The van der Waals surface area contributed by atoms with Gasteiger partial charge in [0, 0.05) is 42.3 Å². The van der Waals surface area contributed by atoms with Crippen molar-refractivity contribution in [2.24, 2.45) is 22.2 Å². The lowest BCUT2D eigenvalue weighted by Gasteiger charge is -2.50. The first-order chi connectivity index (χ1) is 21.3. The summed E-state index contributed by atoms with van der Waals surface area (Å²) in [6.45, 7) is 8.79. The van der Waals surface area contributed by atoms with Crippen molar-refractivity contribution in [2.45, 2.75) is 63.7 Å². The van der Waals surface area contributed by atoms with Gasteiger partial charge in [0.2, 0.25) is 12.2 Å². The van der Waals surface area contributed by atoms with Gasteiger partial charge in [-0.25, -0.2) is 15.3 Å². The Labute approximate surface area is 275 Å². The molecule has 4 rings (SSSR count). The van der Waals surface area contributed by atoms with E-state index in [4.69, 9.17) is 15.2 Å². The van der Waals surface area contributed by atoms with Gasteiger partial charge in [0.25, 0.3) is 5.91 Å². The molecule has 1 aromatic heterocycles. The third kappa shape index (κ3) is 9.08. The average molecular weight is 684 g/mol. The highest BCUT2D eigenvalue weighted by atomic mass is 32.2. The third-order valence-electron chi connectivity index (χ3n) is 6.85. The molecule has 15 nitrogen and oxygen atoms in total. The summed E-state index contributed by atoms with van der Waals surface area (Å²) in [6, 6.07) is -0.824. The van der Waals surface area contributed by atoms with E-state index in [1.54, 1.807) is 19.2 Å². The fourth-order valence-corrected chi connectivity index (χ4v) is 7.63. The lowest BCUT2D eigenvalue weighted by atomic mass is 10.0. The van der Waals surface area contributed by atoms with E-state index in [1.165, 1.54) is 39.8 Å². The number of β-lactam (4-membered cyclic amide) rings is 1. The maximum atomic E-state index is 13.8. The molecular weight excluding hydrogens is 643 g/mol. The molecule has 2 amide bonds. The highest BCUT2D eigenvalue weighted by molar-refractivity contribution is 8.01. The maximum absolute atomic E-state index is 13.8. The van der Waals surface area contributed by atoms with E-state index in [-0.39, 0.29) is 41.8 Å². The summed E-state index contributed by atoms with van der Waals surface area (Å²) in [4.78, 5) is 60.0. The van der Waals surface area contributed by atoms with Crippen molar-refractivity contribution in [2.75, 3.05) is 44.4 Å². The van der Waals surface area contributed by atoms with Crippen molar-refractivity contribution < 1.29 is 28.7 Å². The lowest BCUT2D eigenvalue weighted by molar-refractivity contribution is -0.195. The van der Waals surface area contributed by atoms with E-state index in [9.17, 15) is 19.2 Å². The van der Waals surface area contributed by atoms with Gasteiger partial charge in [0.15, 0.2) is 10.6 Å². The van der Waals surface area contributed by atoms with Gasteiger partial charge in [-0.3, -0.25) is 19.3 Å². The second-order valence-electron chi connectivity index (χ2n) is 11.8. The monoisotopic (exact) mass is 683 g/mol. The molecule has 1 aromatic rings. The molecule has 0 spiro atoms. The number of esters is 2. The Balaban J connectivity index is 1.51. The average Bonchev–Trinajstić information content (AvgIpc) is 3.59. The molecule has 0 aromatic carbocycles. The van der Waals surface area contributed by atoms with E-state index < -0.39 is 35.6 Å². The first-order valence-electron chi connectivity index (χ1n) is 14.6. The van der Waals surface area contributed by atoms with Crippen molar-refractivity contribution in [1.82, 2.24) is 30.6 Å². The predicted molar refractivity (Wildman–Crippen MR) is 172 cm³/mol. The minimum atomic E-state index is -1.13. The molecule has 248 valence electrons. The number of nitrogens with zero attached hydrogens (tertiary/aromatic N) is 6. The quantitative estimate of drug-likeness (QED) is 0.138. The number of carbonyl (C=O) groups excluding carboxylic acids is 4. The van der Waals surface area contributed by atoms with Crippen molar-refractivity contribution in [1.29, 1.82) is 0 Å². The second kappa shape index (κ2) is 15.6. The number of hydrogen-bond donors (Lipinski definition) is 3. The number of nitrogens with two attached hydrogens (primary N) is 1. The Kier molecular flexibility index (Phi) is 12.1. The molecule has 0 radical (unpaired) electrons. The molecule has 18 heteroatoms. The second-order valence-corrected chi connectivity index (χ2v) is 14.9. The standard InChI is InChI=1S/C27H41N9O6S3/c1-14(2)9-19(38)41-25(15(3)4)42-24(40)21-16(12-45-27-31-32-33-35(27)8-7-34(5)6)11-43-23-20(22(39)36(21)23)30-18(37)10-17-13-44-26(28)29-17/h13-15,20,23,25,27H,7-12H2,1-6H3,(H2,28,29)(H,30,37)(H,31,33)/t20-,23+,25?,27?/m1/s1. The number of aromatic nitrogens is 1. The van der Waals surface area contributed by atoms with Gasteiger partial charge in [0.1, 0.15) is 17.1 Å². The number of nitrogen functional groups attached to an aromatic ring is 1. The number of fused-ring (bicyclic) bond motifs is 1. The third-order valence-corrected chi connectivity index (χ3v) is 10.1. The Morgan fingerprint density at radius 1 is 1.24 bits per heavy atom. The first-order valence-corrected chi connectivity index (χ1v) is 17.6. The van der Waals surface area contributed by atoms with Crippen LogP contribution in [0.2, 0.25) is 0 Å². The largest absolute Gasteiger partial charge is 0.425 e. The normalized spacial score (nSPS) is 22.0. The topological polar surface area (TPSA) is 184 Å². The number of anilines is 1. The van der Waals surface area contributed by atoms with Crippen LogP contribution >= 0.6 is 34.9 Å². The molecule has 1 saturated heterocycles. The zero-order valence-corrected chi connectivity index (χ0v) is 28.7. The zero-order chi connectivity index (χ0) is 32.8. The number of amides is 2. The van der Waals surface area contributed by atoms with Crippen molar-refractivity contribution >= 4 is 63.7 Å². The van der Waals surface area contributed by atoms with Crippen molar-refractivity contribution in [3.8, 4) is 0 Å². The van der Waals surface area contributed by atoms with Crippen molar-refractivity contribution in [3.05, 3.63) is 22.3 Å². The molecule has 0 saturated carbocycles. The number of likely N-dealkylation sites (N-methyl/N-ethyl adjacent to an activating group) is 1. The molecule has 3 aliphatic heterocycles. The number of ether oxygens (including phenoxy) is 2. The summed E-state index contributed by atoms with van der Waals surface area (Å²) in [6.07, 6.45) is -0.976. The van der Waals surface area contributed by atoms with Crippen molar-refractivity contribution in [3.63, 3.8) is 0 Å². The highest BCUT2D eigenvalue weighted by Crippen LogP contribution is 2.42. The first kappa shape index (κ1) is 34.9. The Bertz CT molecular complexity index is 1320. The summed E-state index contributed by atoms with van der Waals surface area (Å²) in [7, 11) is 3.95. The molecular formula is C27H41N9O6S3. The van der Waals surface area contributed by atoms with Gasteiger partial charge >= 0.3 is 11.9 Å². The van der Waals surface area contributed by atoms with Gasteiger partial charge in [-0.05, 0) is 25.6 Å². The van der Waals surface area contributed by atoms with Crippen LogP contribution in [0.3, 0.4) is 0 Å². The summed E-state index contributed by atoms with van der Waals surface area (Å²) in [5, 5.41) is 14.4. The Hall–Kier alpha value is -2.93. The van der Waals surface area contributed by atoms with Crippen LogP contribution in [0.15, 0.2) is 27.0 Å². The van der Waals surface area contributed by atoms with E-state index in [0.717, 1.165) is 6.54 Å². The van der Waals surface area contributed by atoms with Crippen LogP contribution in [-0.2, 0) is 35.1 Å². The molecule has 0 aliphatic carbocycles. The number of rotatable bonds is 15. The molecule has 2 unspecified atom stereocenters. The van der Waals surface area contributed by atoms with Crippen LogP contribution in [0.4, 0.5) is 5.13 Å². The Morgan fingerprint density at radius 2 is 2.00 bits per heavy atom. The fraction of sp³-hybridized carbons (Fsp3) is 0.667.